The van der Waals surface area contributed by atoms with Crippen molar-refractivity contribution in [1.29, 1.82) is 0 Å². The van der Waals surface area contributed by atoms with Crippen LogP contribution < -0.4 is 5.32 Å². The molecule has 0 saturated heterocycles. The predicted octanol–water partition coefficient (Wildman–Crippen LogP) is 2.66. The number of nitrogens with zero attached hydrogens (tertiary/aromatic N) is 2. The van der Waals surface area contributed by atoms with E-state index in [9.17, 15) is 9.59 Å². The minimum absolute atomic E-state index is 0.0819. The molecule has 2 rings (SSSR count). The number of aliphatic carboxylic acids is 1. The number of hydrogen-bond acceptors (Lipinski definition) is 6. The number of aromatic nitrogens is 2. The van der Waals surface area contributed by atoms with Crippen molar-refractivity contribution in [3.05, 3.63) is 34.3 Å². The molecule has 2 N–H and O–H groups in total. The van der Waals surface area contributed by atoms with E-state index >= 15 is 0 Å². The number of carbonyl (C=O) groups excluding carboxylic acids is 1. The summed E-state index contributed by atoms with van der Waals surface area (Å²) in [7, 11) is 0. The molecule has 0 spiro atoms. The lowest BCUT2D eigenvalue weighted by Crippen LogP contribution is -2.14. The quantitative estimate of drug-likeness (QED) is 0.584. The lowest BCUT2D eigenvalue weighted by atomic mass is 10.1. The summed E-state index contributed by atoms with van der Waals surface area (Å²) in [6, 6.07) is 7.46. The summed E-state index contributed by atoms with van der Waals surface area (Å²) in [6.07, 6.45) is 0.241. The van der Waals surface area contributed by atoms with Gasteiger partial charge in [-0.15, -0.1) is 10.2 Å². The van der Waals surface area contributed by atoms with Gasteiger partial charge in [0.1, 0.15) is 0 Å². The van der Waals surface area contributed by atoms with Gasteiger partial charge in [-0.2, -0.15) is 0 Å². The number of amides is 1. The highest BCUT2D eigenvalue weighted by atomic mass is 79.9. The highest BCUT2D eigenvalue weighted by molar-refractivity contribution is 9.10. The topological polar surface area (TPSA) is 92.2 Å². The summed E-state index contributed by atoms with van der Waals surface area (Å²) >= 11 is 5.56. The first-order chi connectivity index (χ1) is 10.0. The standard InChI is InChI=1S/C12H10BrN3O3S2/c13-8-3-1-7(2-4-8)5-9(17)14-11-15-16-12(21-11)20-6-10(18)19/h1-4H,5-6H2,(H,18,19)(H,14,15,17). The van der Waals surface area contributed by atoms with Crippen LogP contribution in [0.2, 0.25) is 0 Å². The Bertz CT molecular complexity index is 645. The smallest absolute Gasteiger partial charge is 0.313 e. The Hall–Kier alpha value is -1.45. The number of carboxylic acid groups (broad SMARTS) is 1. The fourth-order valence-electron chi connectivity index (χ4n) is 1.39. The largest absolute Gasteiger partial charge is 0.481 e. The summed E-state index contributed by atoms with van der Waals surface area (Å²) in [5.74, 6) is -1.19. The molecule has 1 aromatic heterocycles. The number of rotatable bonds is 6. The molecule has 2 aromatic rings. The van der Waals surface area contributed by atoms with Crippen LogP contribution in [0.1, 0.15) is 5.56 Å². The molecule has 9 heteroatoms. The first kappa shape index (κ1) is 15.9. The van der Waals surface area contributed by atoms with Crippen LogP contribution in [-0.4, -0.2) is 32.9 Å². The van der Waals surface area contributed by atoms with Crippen LogP contribution in [0.25, 0.3) is 0 Å². The van der Waals surface area contributed by atoms with Crippen LogP contribution >= 0.6 is 39.0 Å². The van der Waals surface area contributed by atoms with E-state index in [2.05, 4.69) is 31.4 Å². The third kappa shape index (κ3) is 5.44. The van der Waals surface area contributed by atoms with Gasteiger partial charge in [0.25, 0.3) is 0 Å². The zero-order valence-corrected chi connectivity index (χ0v) is 13.8. The summed E-state index contributed by atoms with van der Waals surface area (Å²) in [4.78, 5) is 22.3. The normalized spacial score (nSPS) is 10.3. The lowest BCUT2D eigenvalue weighted by Gasteiger charge is -2.01. The van der Waals surface area contributed by atoms with E-state index in [4.69, 9.17) is 5.11 Å². The summed E-state index contributed by atoms with van der Waals surface area (Å²) in [6.45, 7) is 0. The molecule has 0 radical (unpaired) electrons. The second kappa shape index (κ2) is 7.53. The van der Waals surface area contributed by atoms with Crippen molar-refractivity contribution < 1.29 is 14.7 Å². The van der Waals surface area contributed by atoms with Crippen LogP contribution in [0.4, 0.5) is 5.13 Å². The number of carboxylic acids is 1. The maximum absolute atomic E-state index is 11.9. The third-order valence-corrected chi connectivity index (χ3v) is 4.74. The number of halogens is 1. The minimum atomic E-state index is -0.920. The Morgan fingerprint density at radius 2 is 2.00 bits per heavy atom. The molecule has 0 aliphatic heterocycles. The van der Waals surface area contributed by atoms with Crippen LogP contribution in [0.5, 0.6) is 0 Å². The van der Waals surface area contributed by atoms with Crippen molar-refractivity contribution in [2.24, 2.45) is 0 Å². The molecule has 0 saturated carbocycles. The molecule has 0 atom stereocenters. The molecule has 0 fully saturated rings. The van der Waals surface area contributed by atoms with Gasteiger partial charge in [0.15, 0.2) is 4.34 Å². The molecule has 0 aliphatic rings. The van der Waals surface area contributed by atoms with E-state index < -0.39 is 5.97 Å². The molecule has 0 bridgehead atoms. The number of hydrogen-bond donors (Lipinski definition) is 2. The van der Waals surface area contributed by atoms with E-state index in [0.29, 0.717) is 9.47 Å². The SMILES string of the molecule is O=C(O)CSc1nnc(NC(=O)Cc2ccc(Br)cc2)s1. The first-order valence-corrected chi connectivity index (χ1v) is 8.35. The van der Waals surface area contributed by atoms with Gasteiger partial charge in [-0.1, -0.05) is 51.2 Å². The third-order valence-electron chi connectivity index (χ3n) is 2.25. The average Bonchev–Trinajstić information content (AvgIpc) is 2.86. The highest BCUT2D eigenvalue weighted by Gasteiger charge is 2.10. The molecule has 1 aromatic carbocycles. The molecule has 21 heavy (non-hydrogen) atoms. The zero-order chi connectivity index (χ0) is 15.2. The summed E-state index contributed by atoms with van der Waals surface area (Å²) in [5, 5.41) is 19.2. The second-order valence-electron chi connectivity index (χ2n) is 3.91. The number of nitrogens with one attached hydrogen (secondary N) is 1. The van der Waals surface area contributed by atoms with Gasteiger partial charge < -0.3 is 10.4 Å². The zero-order valence-electron chi connectivity index (χ0n) is 10.6. The maximum Gasteiger partial charge on any atom is 0.313 e. The van der Waals surface area contributed by atoms with Crippen LogP contribution in [-0.2, 0) is 16.0 Å². The maximum atomic E-state index is 11.9. The van der Waals surface area contributed by atoms with Crippen LogP contribution in [0.3, 0.4) is 0 Å². The van der Waals surface area contributed by atoms with Crippen molar-refractivity contribution >= 4 is 56.0 Å². The molecule has 6 nitrogen and oxygen atoms in total. The molecule has 0 aliphatic carbocycles. The monoisotopic (exact) mass is 387 g/mol. The van der Waals surface area contributed by atoms with Gasteiger partial charge in [-0.3, -0.25) is 9.59 Å². The van der Waals surface area contributed by atoms with Gasteiger partial charge in [0.05, 0.1) is 12.2 Å². The number of carbonyl (C=O) groups is 2. The highest BCUT2D eigenvalue weighted by Crippen LogP contribution is 2.25. The molecular formula is C12H10BrN3O3S2. The first-order valence-electron chi connectivity index (χ1n) is 5.75. The van der Waals surface area contributed by atoms with Gasteiger partial charge in [0.2, 0.25) is 11.0 Å². The van der Waals surface area contributed by atoms with Crippen LogP contribution in [0.15, 0.2) is 33.1 Å². The minimum Gasteiger partial charge on any atom is -0.481 e. The molecule has 1 amide bonds. The lowest BCUT2D eigenvalue weighted by molar-refractivity contribution is -0.133. The summed E-state index contributed by atoms with van der Waals surface area (Å²) < 4.78 is 1.47. The van der Waals surface area contributed by atoms with E-state index in [1.54, 1.807) is 0 Å². The van der Waals surface area contributed by atoms with Crippen LogP contribution in [0, 0.1) is 0 Å². The Morgan fingerprint density at radius 1 is 1.29 bits per heavy atom. The van der Waals surface area contributed by atoms with Gasteiger partial charge in [0, 0.05) is 4.47 Å². The Kier molecular flexibility index (Phi) is 5.71. The average molecular weight is 388 g/mol. The Balaban J connectivity index is 1.87. The molecule has 0 unspecified atom stereocenters. The van der Waals surface area contributed by atoms with Gasteiger partial charge >= 0.3 is 5.97 Å². The predicted molar refractivity (Wildman–Crippen MR) is 84.7 cm³/mol. The molecule has 110 valence electrons. The second-order valence-corrected chi connectivity index (χ2v) is 7.02. The Labute approximate surface area is 137 Å². The van der Waals surface area contributed by atoms with E-state index in [0.717, 1.165) is 33.1 Å². The van der Waals surface area contributed by atoms with E-state index in [1.165, 1.54) is 0 Å². The number of benzene rings is 1. The van der Waals surface area contributed by atoms with Gasteiger partial charge in [-0.25, -0.2) is 0 Å². The van der Waals surface area contributed by atoms with Crippen molar-refractivity contribution in [1.82, 2.24) is 10.2 Å². The fourth-order valence-corrected chi connectivity index (χ4v) is 3.15. The van der Waals surface area contributed by atoms with E-state index in [1.807, 2.05) is 24.3 Å². The van der Waals surface area contributed by atoms with Crippen molar-refractivity contribution in [2.45, 2.75) is 10.8 Å². The summed E-state index contributed by atoms with van der Waals surface area (Å²) in [5.41, 5.74) is 0.890. The van der Waals surface area contributed by atoms with Crippen molar-refractivity contribution in [3.8, 4) is 0 Å². The fraction of sp³-hybridized carbons (Fsp3) is 0.167. The Morgan fingerprint density at radius 3 is 2.67 bits per heavy atom. The number of thioether (sulfide) groups is 1. The van der Waals surface area contributed by atoms with E-state index in [-0.39, 0.29) is 18.1 Å². The molecular weight excluding hydrogens is 378 g/mol. The van der Waals surface area contributed by atoms with Crippen molar-refractivity contribution in [3.63, 3.8) is 0 Å². The van der Waals surface area contributed by atoms with Crippen molar-refractivity contribution in [2.75, 3.05) is 11.1 Å². The molecule has 1 heterocycles. The number of anilines is 1. The van der Waals surface area contributed by atoms with Gasteiger partial charge in [-0.05, 0) is 17.7 Å².